The molecule has 0 amide bonds. The van der Waals surface area contributed by atoms with Gasteiger partial charge in [-0.05, 0) is 66.0 Å². The SMILES string of the molecule is CC(=O)C1=C(O)C(C(C)C)[C@@]2(C)C[C@@]3(C)Cc4c(-c5ccc6c(c5)OCO6)cc(C(C)(C)C)c(O)c4C(=O)C3=C(O)[C@@]2(O)C1=O. The number of aliphatic hydroxyl groups excluding tert-OH is 2. The van der Waals surface area contributed by atoms with Crippen LogP contribution in [0.1, 0.15) is 83.3 Å². The highest BCUT2D eigenvalue weighted by molar-refractivity contribution is 6.25. The van der Waals surface area contributed by atoms with E-state index in [0.717, 1.165) is 12.5 Å². The van der Waals surface area contributed by atoms with Crippen LogP contribution in [0.4, 0.5) is 0 Å². The van der Waals surface area contributed by atoms with Crippen LogP contribution in [0.5, 0.6) is 17.2 Å². The number of hydrogen-bond acceptors (Lipinski definition) is 9. The molecule has 0 spiro atoms. The molecule has 2 aromatic carbocycles. The number of phenolic OH excluding ortho intramolecular Hbond substituents is 1. The predicted molar refractivity (Wildman–Crippen MR) is 166 cm³/mol. The molecule has 4 atom stereocenters. The Morgan fingerprint density at radius 3 is 2.27 bits per heavy atom. The summed E-state index contributed by atoms with van der Waals surface area (Å²) in [5, 5.41) is 47.4. The second-order valence-corrected chi connectivity index (χ2v) is 15.0. The molecule has 0 bridgehead atoms. The Bertz CT molecular complexity index is 1790. The number of allylic oxidation sites excluding steroid dienone is 2. The average Bonchev–Trinajstić information content (AvgIpc) is 3.37. The number of aromatic hydroxyl groups is 1. The molecule has 0 saturated carbocycles. The van der Waals surface area contributed by atoms with E-state index in [1.54, 1.807) is 19.9 Å². The number of carbonyl (C=O) groups excluding carboxylic acids is 3. The molecule has 0 aromatic heterocycles. The minimum absolute atomic E-state index is 0.00447. The van der Waals surface area contributed by atoms with Crippen molar-refractivity contribution in [2.24, 2.45) is 22.7 Å². The molecule has 3 aliphatic carbocycles. The van der Waals surface area contributed by atoms with Crippen LogP contribution in [0.2, 0.25) is 0 Å². The van der Waals surface area contributed by atoms with Gasteiger partial charge in [0.2, 0.25) is 12.6 Å². The fourth-order valence-electron chi connectivity index (χ4n) is 8.69. The Hall–Kier alpha value is -4.11. The number of phenols is 1. The lowest BCUT2D eigenvalue weighted by atomic mass is 9.44. The highest BCUT2D eigenvalue weighted by Gasteiger charge is 2.71. The first kappa shape index (κ1) is 30.9. The molecule has 4 aliphatic rings. The molecule has 9 heteroatoms. The lowest BCUT2D eigenvalue weighted by Crippen LogP contribution is -2.67. The summed E-state index contributed by atoms with van der Waals surface area (Å²) < 4.78 is 11.1. The minimum atomic E-state index is -2.66. The monoisotopic (exact) mass is 616 g/mol. The quantitative estimate of drug-likeness (QED) is 0.303. The first-order valence-electron chi connectivity index (χ1n) is 15.3. The van der Waals surface area contributed by atoms with E-state index in [1.165, 1.54) is 0 Å². The van der Waals surface area contributed by atoms with Crippen LogP contribution in [-0.2, 0) is 21.4 Å². The van der Waals surface area contributed by atoms with Crippen molar-refractivity contribution < 1.29 is 44.3 Å². The van der Waals surface area contributed by atoms with Crippen LogP contribution in [0, 0.1) is 22.7 Å². The number of ketones is 3. The summed E-state index contributed by atoms with van der Waals surface area (Å²) in [4.78, 5) is 41.3. The van der Waals surface area contributed by atoms with Gasteiger partial charge in [0.1, 0.15) is 22.8 Å². The van der Waals surface area contributed by atoms with E-state index >= 15 is 0 Å². The van der Waals surface area contributed by atoms with Gasteiger partial charge in [0.05, 0.1) is 5.56 Å². The summed E-state index contributed by atoms with van der Waals surface area (Å²) in [7, 11) is 0. The van der Waals surface area contributed by atoms with Gasteiger partial charge in [-0.25, -0.2) is 0 Å². The Balaban J connectivity index is 1.66. The number of ether oxygens (including phenoxy) is 2. The Morgan fingerprint density at radius 1 is 1.02 bits per heavy atom. The van der Waals surface area contributed by atoms with Crippen molar-refractivity contribution in [2.75, 3.05) is 6.79 Å². The van der Waals surface area contributed by atoms with E-state index in [2.05, 4.69) is 0 Å². The predicted octanol–water partition coefficient (Wildman–Crippen LogP) is 6.04. The molecule has 0 fully saturated rings. The van der Waals surface area contributed by atoms with Crippen molar-refractivity contribution in [1.29, 1.82) is 0 Å². The number of fused-ring (bicyclic) bond motifs is 4. The van der Waals surface area contributed by atoms with Gasteiger partial charge in [0.25, 0.3) is 0 Å². The summed E-state index contributed by atoms with van der Waals surface area (Å²) >= 11 is 0. The van der Waals surface area contributed by atoms with Crippen molar-refractivity contribution >= 4 is 17.3 Å². The number of aliphatic hydroxyl groups is 3. The van der Waals surface area contributed by atoms with Crippen LogP contribution in [0.25, 0.3) is 11.1 Å². The number of benzene rings is 2. The lowest BCUT2D eigenvalue weighted by Gasteiger charge is -2.59. The van der Waals surface area contributed by atoms with Gasteiger partial charge < -0.3 is 29.9 Å². The summed E-state index contributed by atoms with van der Waals surface area (Å²) in [5.41, 5.74) is -4.11. The van der Waals surface area contributed by atoms with Gasteiger partial charge in [-0.3, -0.25) is 14.4 Å². The van der Waals surface area contributed by atoms with Crippen molar-refractivity contribution in [3.8, 4) is 28.4 Å². The summed E-state index contributed by atoms with van der Waals surface area (Å²) in [6.45, 7) is 14.0. The largest absolute Gasteiger partial charge is 0.511 e. The van der Waals surface area contributed by atoms with Crippen molar-refractivity contribution in [3.63, 3.8) is 0 Å². The highest BCUT2D eigenvalue weighted by Crippen LogP contribution is 2.65. The molecule has 0 radical (unpaired) electrons. The van der Waals surface area contributed by atoms with E-state index in [-0.39, 0.29) is 42.4 Å². The summed E-state index contributed by atoms with van der Waals surface area (Å²) in [5.74, 6) is -4.14. The molecule has 1 unspecified atom stereocenters. The van der Waals surface area contributed by atoms with Crippen molar-refractivity contribution in [2.45, 2.75) is 79.2 Å². The second-order valence-electron chi connectivity index (χ2n) is 15.0. The number of rotatable bonds is 3. The smallest absolute Gasteiger partial charge is 0.231 e. The van der Waals surface area contributed by atoms with E-state index in [9.17, 15) is 34.8 Å². The number of Topliss-reactive ketones (excluding diaryl/α,β-unsaturated/α-hetero) is 3. The van der Waals surface area contributed by atoms with Crippen LogP contribution in [-0.4, -0.2) is 50.2 Å². The molecule has 238 valence electrons. The molecule has 6 rings (SSSR count). The maximum atomic E-state index is 14.7. The molecular formula is C36H40O9. The highest BCUT2D eigenvalue weighted by atomic mass is 16.7. The second kappa shape index (κ2) is 9.45. The third-order valence-electron chi connectivity index (χ3n) is 10.5. The molecule has 1 aliphatic heterocycles. The van der Waals surface area contributed by atoms with Gasteiger partial charge in [-0.1, -0.05) is 54.5 Å². The number of carbonyl (C=O) groups is 3. The van der Waals surface area contributed by atoms with Crippen molar-refractivity contribution in [3.05, 3.63) is 63.6 Å². The van der Waals surface area contributed by atoms with E-state index < -0.39 is 62.2 Å². The fourth-order valence-corrected chi connectivity index (χ4v) is 8.69. The van der Waals surface area contributed by atoms with Gasteiger partial charge in [0.15, 0.2) is 28.7 Å². The van der Waals surface area contributed by atoms with E-state index in [0.29, 0.717) is 28.2 Å². The normalized spacial score (nSPS) is 29.2. The van der Waals surface area contributed by atoms with Crippen LogP contribution < -0.4 is 9.47 Å². The molecule has 0 saturated heterocycles. The maximum Gasteiger partial charge on any atom is 0.231 e. The molecular weight excluding hydrogens is 576 g/mol. The van der Waals surface area contributed by atoms with Crippen molar-refractivity contribution in [1.82, 2.24) is 0 Å². The van der Waals surface area contributed by atoms with E-state index in [1.807, 2.05) is 52.8 Å². The molecule has 1 heterocycles. The summed E-state index contributed by atoms with van der Waals surface area (Å²) in [6.07, 6.45) is 0.192. The van der Waals surface area contributed by atoms with Crippen LogP contribution in [0.15, 0.2) is 46.9 Å². The van der Waals surface area contributed by atoms with Gasteiger partial charge in [-0.15, -0.1) is 0 Å². The number of hydrogen-bond donors (Lipinski definition) is 4. The third kappa shape index (κ3) is 3.92. The Labute approximate surface area is 262 Å². The zero-order chi connectivity index (χ0) is 33.2. The molecule has 9 nitrogen and oxygen atoms in total. The summed E-state index contributed by atoms with van der Waals surface area (Å²) in [6, 6.07) is 7.37. The minimum Gasteiger partial charge on any atom is -0.511 e. The van der Waals surface area contributed by atoms with Gasteiger partial charge >= 0.3 is 0 Å². The first-order chi connectivity index (χ1) is 20.8. The standard InChI is InChI=1S/C36H40O9/c1-16(2)26-29(39)24(17(3)37)31(41)36(43)32(42)27-30(40)25-20(13-34(27,7)14-35(26,36)8)19(12-21(28(25)38)33(4,5)6)18-9-10-22-23(11-18)45-15-44-22/h9-12,16,26,38-39,42-43H,13-15H2,1-8H3/t26?,34-,35-,36+/m1/s1. The first-order valence-corrected chi connectivity index (χ1v) is 15.3. The van der Waals surface area contributed by atoms with E-state index in [4.69, 9.17) is 9.47 Å². The Morgan fingerprint density at radius 2 is 1.67 bits per heavy atom. The van der Waals surface area contributed by atoms with Crippen LogP contribution in [0.3, 0.4) is 0 Å². The Kier molecular flexibility index (Phi) is 6.49. The van der Waals surface area contributed by atoms with Gasteiger partial charge in [-0.2, -0.15) is 0 Å². The fraction of sp³-hybridized carbons (Fsp3) is 0.472. The average molecular weight is 617 g/mol. The van der Waals surface area contributed by atoms with Gasteiger partial charge in [0, 0.05) is 27.9 Å². The zero-order valence-electron chi connectivity index (χ0n) is 26.9. The maximum absolute atomic E-state index is 14.7. The zero-order valence-corrected chi connectivity index (χ0v) is 26.9. The van der Waals surface area contributed by atoms with Crippen LogP contribution >= 0.6 is 0 Å². The lowest BCUT2D eigenvalue weighted by molar-refractivity contribution is -0.171. The molecule has 2 aromatic rings. The molecule has 45 heavy (non-hydrogen) atoms. The third-order valence-corrected chi connectivity index (χ3v) is 10.5. The molecule has 4 N–H and O–H groups in total. The topological polar surface area (TPSA) is 151 Å².